The molecule has 0 spiro atoms. The van der Waals surface area contributed by atoms with Gasteiger partial charge in [-0.05, 0) is 11.6 Å². The van der Waals surface area contributed by atoms with Gasteiger partial charge < -0.3 is 10.4 Å². The third-order valence-electron chi connectivity index (χ3n) is 2.51. The second-order valence-corrected chi connectivity index (χ2v) is 4.38. The number of pyridine rings is 1. The van der Waals surface area contributed by atoms with E-state index >= 15 is 0 Å². The highest BCUT2D eigenvalue weighted by Crippen LogP contribution is 2.20. The minimum absolute atomic E-state index is 0.112. The molecule has 0 saturated carbocycles. The molecule has 0 bridgehead atoms. The predicted octanol–water partition coefficient (Wildman–Crippen LogP) is 0.858. The Morgan fingerprint density at radius 2 is 2.31 bits per heavy atom. The van der Waals surface area contributed by atoms with E-state index in [1.54, 1.807) is 12.4 Å². The molecule has 0 aromatic carbocycles. The molecule has 1 aromatic heterocycles. The van der Waals surface area contributed by atoms with Crippen LogP contribution in [0.5, 0.6) is 0 Å². The average molecular weight is 222 g/mol. The number of aromatic nitrogens is 1. The van der Waals surface area contributed by atoms with Gasteiger partial charge in [-0.1, -0.05) is 19.9 Å². The number of hydrogen-bond donors (Lipinski definition) is 2. The summed E-state index contributed by atoms with van der Waals surface area (Å²) in [6.07, 6.45) is 3.69. The molecule has 0 unspecified atom stereocenters. The van der Waals surface area contributed by atoms with Crippen molar-refractivity contribution in [3.8, 4) is 0 Å². The summed E-state index contributed by atoms with van der Waals surface area (Å²) in [5.74, 6) is -0.125. The van der Waals surface area contributed by atoms with E-state index in [-0.39, 0.29) is 24.3 Å². The molecular formula is C12H18N2O2. The Bertz CT molecular complexity index is 336. The van der Waals surface area contributed by atoms with Crippen molar-refractivity contribution >= 4 is 5.91 Å². The predicted molar refractivity (Wildman–Crippen MR) is 62.0 cm³/mol. The highest BCUT2D eigenvalue weighted by atomic mass is 16.3. The second-order valence-electron chi connectivity index (χ2n) is 4.38. The van der Waals surface area contributed by atoms with Gasteiger partial charge in [0.15, 0.2) is 0 Å². The van der Waals surface area contributed by atoms with Crippen LogP contribution in [0.4, 0.5) is 0 Å². The van der Waals surface area contributed by atoms with E-state index in [4.69, 9.17) is 5.11 Å². The van der Waals surface area contributed by atoms with Gasteiger partial charge >= 0.3 is 0 Å². The SMILES string of the molecule is CC(C)(CNC(=O)CCO)c1cccnc1. The van der Waals surface area contributed by atoms with Gasteiger partial charge in [-0.3, -0.25) is 9.78 Å². The monoisotopic (exact) mass is 222 g/mol. The number of carbonyl (C=O) groups excluding carboxylic acids is 1. The normalized spacial score (nSPS) is 11.2. The molecule has 4 heteroatoms. The van der Waals surface area contributed by atoms with Gasteiger partial charge in [0.05, 0.1) is 6.61 Å². The van der Waals surface area contributed by atoms with E-state index in [0.29, 0.717) is 6.54 Å². The van der Waals surface area contributed by atoms with Crippen LogP contribution in [0.3, 0.4) is 0 Å². The molecule has 0 saturated heterocycles. The highest BCUT2D eigenvalue weighted by molar-refractivity contribution is 5.76. The van der Waals surface area contributed by atoms with Crippen LogP contribution in [0.25, 0.3) is 0 Å². The molecule has 0 radical (unpaired) electrons. The van der Waals surface area contributed by atoms with Gasteiger partial charge in [-0.25, -0.2) is 0 Å². The molecule has 0 fully saturated rings. The van der Waals surface area contributed by atoms with E-state index in [1.165, 1.54) is 0 Å². The third kappa shape index (κ3) is 3.62. The summed E-state index contributed by atoms with van der Waals surface area (Å²) in [6, 6.07) is 3.87. The summed E-state index contributed by atoms with van der Waals surface area (Å²) in [7, 11) is 0. The van der Waals surface area contributed by atoms with Gasteiger partial charge in [0.1, 0.15) is 0 Å². The largest absolute Gasteiger partial charge is 0.396 e. The molecule has 88 valence electrons. The van der Waals surface area contributed by atoms with Crippen molar-refractivity contribution in [2.45, 2.75) is 25.7 Å². The van der Waals surface area contributed by atoms with Gasteiger partial charge in [-0.2, -0.15) is 0 Å². The maximum absolute atomic E-state index is 11.2. The van der Waals surface area contributed by atoms with Gasteiger partial charge in [0, 0.05) is 30.8 Å². The van der Waals surface area contributed by atoms with Crippen LogP contribution >= 0.6 is 0 Å². The molecule has 1 amide bonds. The fourth-order valence-electron chi connectivity index (χ4n) is 1.37. The van der Waals surface area contributed by atoms with Crippen LogP contribution in [0, 0.1) is 0 Å². The minimum Gasteiger partial charge on any atom is -0.396 e. The maximum atomic E-state index is 11.2. The number of carbonyl (C=O) groups is 1. The Balaban J connectivity index is 2.55. The maximum Gasteiger partial charge on any atom is 0.222 e. The lowest BCUT2D eigenvalue weighted by Gasteiger charge is -2.25. The fourth-order valence-corrected chi connectivity index (χ4v) is 1.37. The molecule has 0 aliphatic carbocycles. The Morgan fingerprint density at radius 1 is 1.56 bits per heavy atom. The van der Waals surface area contributed by atoms with Crippen molar-refractivity contribution < 1.29 is 9.90 Å². The first-order valence-corrected chi connectivity index (χ1v) is 5.34. The summed E-state index contributed by atoms with van der Waals surface area (Å²) < 4.78 is 0. The molecule has 0 aliphatic heterocycles. The average Bonchev–Trinajstić information content (AvgIpc) is 2.28. The summed E-state index contributed by atoms with van der Waals surface area (Å²) in [5.41, 5.74) is 0.929. The van der Waals surface area contributed by atoms with Gasteiger partial charge in [0.25, 0.3) is 0 Å². The van der Waals surface area contributed by atoms with E-state index in [1.807, 2.05) is 26.0 Å². The molecule has 4 nitrogen and oxygen atoms in total. The first-order valence-electron chi connectivity index (χ1n) is 5.34. The first kappa shape index (κ1) is 12.6. The smallest absolute Gasteiger partial charge is 0.222 e. The van der Waals surface area contributed by atoms with Crippen molar-refractivity contribution in [3.63, 3.8) is 0 Å². The number of aliphatic hydroxyl groups is 1. The van der Waals surface area contributed by atoms with Crippen LogP contribution in [0.2, 0.25) is 0 Å². The second kappa shape index (κ2) is 5.61. The molecule has 1 rings (SSSR count). The van der Waals surface area contributed by atoms with Crippen LogP contribution in [-0.4, -0.2) is 29.1 Å². The molecule has 2 N–H and O–H groups in total. The number of rotatable bonds is 5. The first-order chi connectivity index (χ1) is 7.56. The fraction of sp³-hybridized carbons (Fsp3) is 0.500. The Morgan fingerprint density at radius 3 is 2.88 bits per heavy atom. The minimum atomic E-state index is -0.153. The van der Waals surface area contributed by atoms with E-state index in [2.05, 4.69) is 10.3 Å². The summed E-state index contributed by atoms with van der Waals surface area (Å²) in [6.45, 7) is 4.52. The number of aliphatic hydroxyl groups excluding tert-OH is 1. The standard InChI is InChI=1S/C12H18N2O2/c1-12(2,9-14-11(16)5-7-15)10-4-3-6-13-8-10/h3-4,6,8,15H,5,7,9H2,1-2H3,(H,14,16). The third-order valence-corrected chi connectivity index (χ3v) is 2.51. The molecular weight excluding hydrogens is 204 g/mol. The zero-order valence-corrected chi connectivity index (χ0v) is 9.73. The highest BCUT2D eigenvalue weighted by Gasteiger charge is 2.21. The van der Waals surface area contributed by atoms with Crippen LogP contribution in [-0.2, 0) is 10.2 Å². The molecule has 16 heavy (non-hydrogen) atoms. The lowest BCUT2D eigenvalue weighted by Crippen LogP contribution is -2.36. The van der Waals surface area contributed by atoms with Crippen LogP contribution in [0.15, 0.2) is 24.5 Å². The van der Waals surface area contributed by atoms with E-state index < -0.39 is 0 Å². The summed E-state index contributed by atoms with van der Waals surface area (Å²) in [4.78, 5) is 15.3. The quantitative estimate of drug-likeness (QED) is 0.776. The van der Waals surface area contributed by atoms with Crippen molar-refractivity contribution in [2.24, 2.45) is 0 Å². The van der Waals surface area contributed by atoms with Crippen molar-refractivity contribution in [1.82, 2.24) is 10.3 Å². The number of nitrogens with one attached hydrogen (secondary N) is 1. The lowest BCUT2D eigenvalue weighted by molar-refractivity contribution is -0.121. The summed E-state index contributed by atoms with van der Waals surface area (Å²) >= 11 is 0. The Kier molecular flexibility index (Phi) is 4.43. The number of nitrogens with zero attached hydrogens (tertiary/aromatic N) is 1. The molecule has 0 aliphatic rings. The zero-order chi connectivity index (χ0) is 12.0. The number of hydrogen-bond acceptors (Lipinski definition) is 3. The van der Waals surface area contributed by atoms with E-state index in [9.17, 15) is 4.79 Å². The van der Waals surface area contributed by atoms with Crippen molar-refractivity contribution in [3.05, 3.63) is 30.1 Å². The Hall–Kier alpha value is -1.42. The topological polar surface area (TPSA) is 62.2 Å². The van der Waals surface area contributed by atoms with Gasteiger partial charge in [-0.15, -0.1) is 0 Å². The summed E-state index contributed by atoms with van der Waals surface area (Å²) in [5, 5.41) is 11.4. The zero-order valence-electron chi connectivity index (χ0n) is 9.73. The van der Waals surface area contributed by atoms with Crippen molar-refractivity contribution in [2.75, 3.05) is 13.2 Å². The molecule has 1 heterocycles. The number of amides is 1. The van der Waals surface area contributed by atoms with Gasteiger partial charge in [0.2, 0.25) is 5.91 Å². The van der Waals surface area contributed by atoms with Crippen molar-refractivity contribution in [1.29, 1.82) is 0 Å². The Labute approximate surface area is 95.7 Å². The molecule has 0 atom stereocenters. The van der Waals surface area contributed by atoms with Crippen LogP contribution < -0.4 is 5.32 Å². The van der Waals surface area contributed by atoms with E-state index in [0.717, 1.165) is 5.56 Å². The lowest BCUT2D eigenvalue weighted by atomic mass is 9.85. The molecule has 1 aromatic rings. The van der Waals surface area contributed by atoms with Crippen LogP contribution in [0.1, 0.15) is 25.8 Å².